The average Bonchev–Trinajstić information content (AvgIpc) is 3.47. The van der Waals surface area contributed by atoms with Gasteiger partial charge in [-0.15, -0.1) is 0 Å². The van der Waals surface area contributed by atoms with E-state index in [0.717, 1.165) is 24.2 Å². The van der Waals surface area contributed by atoms with Crippen LogP contribution in [0.5, 0.6) is 0 Å². The van der Waals surface area contributed by atoms with E-state index < -0.39 is 5.54 Å². The van der Waals surface area contributed by atoms with Crippen LogP contribution in [0.4, 0.5) is 11.5 Å². The smallest absolute Gasteiger partial charge is 0.165 e. The van der Waals surface area contributed by atoms with E-state index >= 15 is 0 Å². The summed E-state index contributed by atoms with van der Waals surface area (Å²) in [4.78, 5) is 19.1. The van der Waals surface area contributed by atoms with E-state index in [0.29, 0.717) is 45.9 Å². The van der Waals surface area contributed by atoms with Crippen LogP contribution < -0.4 is 16.4 Å². The first kappa shape index (κ1) is 19.0. The minimum atomic E-state index is -0.622. The second-order valence-corrected chi connectivity index (χ2v) is 8.11. The molecule has 1 aromatic carbocycles. The van der Waals surface area contributed by atoms with Crippen molar-refractivity contribution in [3.63, 3.8) is 0 Å². The van der Waals surface area contributed by atoms with E-state index in [1.165, 1.54) is 12.7 Å². The maximum atomic E-state index is 6.64. The molecule has 4 heterocycles. The van der Waals surface area contributed by atoms with Crippen LogP contribution in [0.1, 0.15) is 17.8 Å². The Bertz CT molecular complexity index is 1220. The summed E-state index contributed by atoms with van der Waals surface area (Å²) in [6.45, 7) is 1.72. The zero-order chi connectivity index (χ0) is 20.9. The highest BCUT2D eigenvalue weighted by atomic mass is 35.5. The molecule has 0 saturated carbocycles. The Morgan fingerprint density at radius 1 is 1.13 bits per heavy atom. The molecule has 0 spiro atoms. The molecule has 0 bridgehead atoms. The van der Waals surface area contributed by atoms with Crippen LogP contribution in [-0.4, -0.2) is 47.8 Å². The highest BCUT2D eigenvalue weighted by Gasteiger charge is 2.39. The molecule has 12 heteroatoms. The number of imidazole rings is 1. The standard InChI is InChI=1S/C18H18Cl2N10/c19-11-1-2-12(29-4-3-18(22,6-29)17-25-8-27-28-17)10(13(11)20)5-30-9-26-14-15(21)23-7-24-16(14)30/h1-2,7-9H,3-6,22H2,(H2,21,23,24)(H,25,27,28). The fourth-order valence-corrected chi connectivity index (χ4v) is 4.29. The number of nitrogen functional groups attached to an aromatic ring is 1. The number of halogens is 2. The molecule has 3 aromatic heterocycles. The number of nitrogens with one attached hydrogen (secondary N) is 1. The molecule has 1 unspecified atom stereocenters. The highest BCUT2D eigenvalue weighted by Crippen LogP contribution is 2.38. The number of fused-ring (bicyclic) bond motifs is 1. The van der Waals surface area contributed by atoms with Crippen LogP contribution in [0, 0.1) is 0 Å². The molecule has 1 aliphatic heterocycles. The van der Waals surface area contributed by atoms with Crippen LogP contribution in [-0.2, 0) is 12.1 Å². The monoisotopic (exact) mass is 444 g/mol. The number of hydrogen-bond donors (Lipinski definition) is 3. The van der Waals surface area contributed by atoms with Crippen LogP contribution in [0.25, 0.3) is 11.2 Å². The number of benzene rings is 1. The number of nitrogens with zero attached hydrogens (tertiary/aromatic N) is 7. The summed E-state index contributed by atoms with van der Waals surface area (Å²) in [5.74, 6) is 0.995. The second kappa shape index (κ2) is 7.08. The molecular weight excluding hydrogens is 427 g/mol. The molecule has 1 aliphatic rings. The van der Waals surface area contributed by atoms with Crippen molar-refractivity contribution in [1.82, 2.24) is 34.7 Å². The summed E-state index contributed by atoms with van der Waals surface area (Å²) in [5, 5.41) is 7.78. The zero-order valence-electron chi connectivity index (χ0n) is 15.8. The van der Waals surface area contributed by atoms with Gasteiger partial charge in [0.25, 0.3) is 0 Å². The number of H-pyrrole nitrogens is 1. The molecule has 1 fully saturated rings. The first-order valence-electron chi connectivity index (χ1n) is 9.24. The lowest BCUT2D eigenvalue weighted by molar-refractivity contribution is 0.467. The summed E-state index contributed by atoms with van der Waals surface area (Å²) in [6.07, 6.45) is 5.27. The van der Waals surface area contributed by atoms with Gasteiger partial charge in [-0.05, 0) is 18.6 Å². The largest absolute Gasteiger partial charge is 0.382 e. The Kier molecular flexibility index (Phi) is 4.49. The fourth-order valence-electron chi connectivity index (χ4n) is 3.89. The lowest BCUT2D eigenvalue weighted by Gasteiger charge is -2.26. The van der Waals surface area contributed by atoms with Gasteiger partial charge in [-0.1, -0.05) is 23.2 Å². The van der Waals surface area contributed by atoms with Gasteiger partial charge >= 0.3 is 0 Å². The van der Waals surface area contributed by atoms with E-state index in [9.17, 15) is 0 Å². The predicted molar refractivity (Wildman–Crippen MR) is 114 cm³/mol. The normalized spacial score (nSPS) is 19.1. The van der Waals surface area contributed by atoms with Crippen molar-refractivity contribution in [3.8, 4) is 0 Å². The van der Waals surface area contributed by atoms with Crippen molar-refractivity contribution >= 4 is 45.9 Å². The topological polar surface area (TPSA) is 140 Å². The van der Waals surface area contributed by atoms with Crippen LogP contribution in [0.15, 0.2) is 31.1 Å². The summed E-state index contributed by atoms with van der Waals surface area (Å²) in [7, 11) is 0. The van der Waals surface area contributed by atoms with Crippen LogP contribution in [0.2, 0.25) is 10.0 Å². The molecule has 0 amide bonds. The van der Waals surface area contributed by atoms with Gasteiger partial charge in [0.05, 0.1) is 28.5 Å². The van der Waals surface area contributed by atoms with Gasteiger partial charge in [-0.2, -0.15) is 5.10 Å². The number of rotatable bonds is 4. The van der Waals surface area contributed by atoms with E-state index in [-0.39, 0.29) is 0 Å². The fraction of sp³-hybridized carbons (Fsp3) is 0.278. The van der Waals surface area contributed by atoms with E-state index in [2.05, 4.69) is 35.0 Å². The maximum absolute atomic E-state index is 6.64. The quantitative estimate of drug-likeness (QED) is 0.433. The van der Waals surface area contributed by atoms with Gasteiger partial charge < -0.3 is 20.9 Å². The molecule has 4 aromatic rings. The lowest BCUT2D eigenvalue weighted by atomic mass is 9.99. The summed E-state index contributed by atoms with van der Waals surface area (Å²) in [5.41, 5.74) is 14.9. The Morgan fingerprint density at radius 3 is 2.80 bits per heavy atom. The number of aromatic amines is 1. The minimum Gasteiger partial charge on any atom is -0.382 e. The average molecular weight is 445 g/mol. The molecule has 0 aliphatic carbocycles. The van der Waals surface area contributed by atoms with Gasteiger partial charge in [0, 0.05) is 24.3 Å². The number of anilines is 2. The van der Waals surface area contributed by atoms with Gasteiger partial charge in [-0.25, -0.2) is 19.9 Å². The van der Waals surface area contributed by atoms with E-state index in [1.807, 2.05) is 10.6 Å². The van der Waals surface area contributed by atoms with Gasteiger partial charge in [0.15, 0.2) is 11.5 Å². The van der Waals surface area contributed by atoms with Crippen molar-refractivity contribution in [2.75, 3.05) is 23.7 Å². The third-order valence-electron chi connectivity index (χ3n) is 5.46. The van der Waals surface area contributed by atoms with Crippen LogP contribution >= 0.6 is 23.2 Å². The second-order valence-electron chi connectivity index (χ2n) is 7.32. The molecule has 1 saturated heterocycles. The Hall–Kier alpha value is -2.95. The highest BCUT2D eigenvalue weighted by molar-refractivity contribution is 6.42. The zero-order valence-corrected chi connectivity index (χ0v) is 17.3. The molecule has 0 radical (unpaired) electrons. The van der Waals surface area contributed by atoms with Gasteiger partial charge in [-0.3, -0.25) is 5.10 Å². The third kappa shape index (κ3) is 3.04. The summed E-state index contributed by atoms with van der Waals surface area (Å²) >= 11 is 13.0. The molecule has 5 rings (SSSR count). The molecule has 10 nitrogen and oxygen atoms in total. The Morgan fingerprint density at radius 2 is 2.00 bits per heavy atom. The number of nitrogens with two attached hydrogens (primary N) is 2. The summed E-state index contributed by atoms with van der Waals surface area (Å²) in [6, 6.07) is 3.75. The first-order chi connectivity index (χ1) is 14.5. The first-order valence-corrected chi connectivity index (χ1v) is 10.00. The number of aromatic nitrogens is 7. The third-order valence-corrected chi connectivity index (χ3v) is 6.30. The van der Waals surface area contributed by atoms with Crippen molar-refractivity contribution in [1.29, 1.82) is 0 Å². The van der Waals surface area contributed by atoms with Crippen LogP contribution in [0.3, 0.4) is 0 Å². The minimum absolute atomic E-state index is 0.329. The molecule has 30 heavy (non-hydrogen) atoms. The number of hydrogen-bond acceptors (Lipinski definition) is 8. The van der Waals surface area contributed by atoms with Gasteiger partial charge in [0.2, 0.25) is 0 Å². The van der Waals surface area contributed by atoms with Crippen molar-refractivity contribution in [2.24, 2.45) is 5.73 Å². The molecular formula is C18H18Cl2N10. The molecule has 154 valence electrons. The van der Waals surface area contributed by atoms with E-state index in [1.54, 1.807) is 12.4 Å². The Balaban J connectivity index is 1.53. The van der Waals surface area contributed by atoms with Gasteiger partial charge in [0.1, 0.15) is 24.0 Å². The molecule has 5 N–H and O–H groups in total. The SMILES string of the molecule is Nc1ncnc2c1ncn2Cc1c(N2CCC(N)(c3ncn[nH]3)C2)ccc(Cl)c1Cl. The molecule has 1 atom stereocenters. The van der Waals surface area contributed by atoms with Crippen molar-refractivity contribution in [2.45, 2.75) is 18.5 Å². The Labute approximate surface area is 181 Å². The predicted octanol–water partition coefficient (Wildman–Crippen LogP) is 1.95. The van der Waals surface area contributed by atoms with Crippen molar-refractivity contribution in [3.05, 3.63) is 52.5 Å². The van der Waals surface area contributed by atoms with Crippen molar-refractivity contribution < 1.29 is 0 Å². The maximum Gasteiger partial charge on any atom is 0.165 e. The lowest BCUT2D eigenvalue weighted by Crippen LogP contribution is -2.41. The summed E-state index contributed by atoms with van der Waals surface area (Å²) < 4.78 is 1.87. The van der Waals surface area contributed by atoms with E-state index in [4.69, 9.17) is 34.7 Å².